The van der Waals surface area contributed by atoms with Crippen LogP contribution in [0.4, 0.5) is 0 Å². The fraction of sp³-hybridized carbons (Fsp3) is 0.562. The van der Waals surface area contributed by atoms with Crippen LogP contribution in [0.5, 0.6) is 0 Å². The fourth-order valence-corrected chi connectivity index (χ4v) is 2.75. The number of pyridine rings is 1. The fourth-order valence-electron chi connectivity index (χ4n) is 2.75. The number of hydrogen-bond donors (Lipinski definition) is 3. The number of carboxylic acids is 1. The summed E-state index contributed by atoms with van der Waals surface area (Å²) in [6.07, 6.45) is 0.626. The molecule has 0 radical (unpaired) electrons. The smallest absolute Gasteiger partial charge is 0.335 e. The Morgan fingerprint density at radius 1 is 1.30 bits per heavy atom. The molecule has 1 aromatic heterocycles. The Morgan fingerprint density at radius 3 is 2.43 bits per heavy atom. The van der Waals surface area contributed by atoms with E-state index in [0.29, 0.717) is 23.6 Å². The molecule has 0 aromatic carbocycles. The highest BCUT2D eigenvalue weighted by Crippen LogP contribution is 2.23. The van der Waals surface area contributed by atoms with E-state index in [1.165, 1.54) is 11.0 Å². The van der Waals surface area contributed by atoms with Gasteiger partial charge in [-0.15, -0.1) is 0 Å². The number of carboxylic acid groups (broad SMARTS) is 1. The van der Waals surface area contributed by atoms with Crippen LogP contribution in [0.15, 0.2) is 16.9 Å². The minimum absolute atomic E-state index is 0.0177. The van der Waals surface area contributed by atoms with Crippen LogP contribution in [0.3, 0.4) is 0 Å². The molecule has 1 aliphatic heterocycles. The van der Waals surface area contributed by atoms with Crippen molar-refractivity contribution in [2.45, 2.75) is 38.7 Å². The van der Waals surface area contributed by atoms with Crippen LogP contribution in [-0.4, -0.2) is 50.7 Å². The average molecular weight is 322 g/mol. The SMILES string of the molecule is CC(C)Cc1cc(C(=O)N2CCC(O)(C(=O)O)CC2)cc(=O)[nH]1. The van der Waals surface area contributed by atoms with Gasteiger partial charge in [-0.2, -0.15) is 0 Å². The molecule has 1 aliphatic rings. The molecule has 2 rings (SSSR count). The van der Waals surface area contributed by atoms with Gasteiger partial charge < -0.3 is 20.1 Å². The molecule has 0 saturated carbocycles. The second-order valence-electron chi connectivity index (χ2n) is 6.49. The number of piperidine rings is 1. The van der Waals surface area contributed by atoms with Gasteiger partial charge in [0.05, 0.1) is 0 Å². The molecule has 0 atom stereocenters. The van der Waals surface area contributed by atoms with E-state index in [1.54, 1.807) is 6.07 Å². The first-order valence-corrected chi connectivity index (χ1v) is 7.69. The molecule has 126 valence electrons. The summed E-state index contributed by atoms with van der Waals surface area (Å²) in [5.74, 6) is -1.23. The lowest BCUT2D eigenvalue weighted by molar-refractivity contribution is -0.162. The van der Waals surface area contributed by atoms with Crippen molar-refractivity contribution in [2.75, 3.05) is 13.1 Å². The Kier molecular flexibility index (Phi) is 4.89. The van der Waals surface area contributed by atoms with Crippen LogP contribution in [0.25, 0.3) is 0 Å². The van der Waals surface area contributed by atoms with Gasteiger partial charge in [0.2, 0.25) is 5.56 Å². The molecule has 1 saturated heterocycles. The van der Waals surface area contributed by atoms with E-state index in [9.17, 15) is 19.5 Å². The van der Waals surface area contributed by atoms with Gasteiger partial charge in [-0.25, -0.2) is 4.79 Å². The number of H-pyrrole nitrogens is 1. The summed E-state index contributed by atoms with van der Waals surface area (Å²) in [7, 11) is 0. The normalized spacial score (nSPS) is 17.3. The van der Waals surface area contributed by atoms with Crippen LogP contribution in [-0.2, 0) is 11.2 Å². The summed E-state index contributed by atoms with van der Waals surface area (Å²) in [5, 5.41) is 18.9. The van der Waals surface area contributed by atoms with Crippen LogP contribution < -0.4 is 5.56 Å². The third-order valence-corrected chi connectivity index (χ3v) is 4.05. The summed E-state index contributed by atoms with van der Waals surface area (Å²) in [6, 6.07) is 2.92. The number of rotatable bonds is 4. The average Bonchev–Trinajstić information content (AvgIpc) is 2.45. The summed E-state index contributed by atoms with van der Waals surface area (Å²) >= 11 is 0. The van der Waals surface area contributed by atoms with E-state index in [2.05, 4.69) is 4.98 Å². The van der Waals surface area contributed by atoms with Crippen molar-refractivity contribution in [2.24, 2.45) is 5.92 Å². The molecule has 0 unspecified atom stereocenters. The van der Waals surface area contributed by atoms with Crippen LogP contribution >= 0.6 is 0 Å². The Morgan fingerprint density at radius 2 is 1.91 bits per heavy atom. The van der Waals surface area contributed by atoms with E-state index >= 15 is 0 Å². The van der Waals surface area contributed by atoms with E-state index in [0.717, 1.165) is 0 Å². The lowest BCUT2D eigenvalue weighted by Gasteiger charge is -2.35. The molecule has 1 amide bonds. The number of aromatic nitrogens is 1. The van der Waals surface area contributed by atoms with Crippen molar-refractivity contribution < 1.29 is 19.8 Å². The van der Waals surface area contributed by atoms with E-state index < -0.39 is 11.6 Å². The predicted octanol–water partition coefficient (Wildman–Crippen LogP) is 0.625. The second kappa shape index (κ2) is 6.54. The molecule has 7 nitrogen and oxygen atoms in total. The van der Waals surface area contributed by atoms with Gasteiger partial charge in [-0.1, -0.05) is 13.8 Å². The maximum absolute atomic E-state index is 12.5. The molecule has 1 fully saturated rings. The van der Waals surface area contributed by atoms with E-state index in [1.807, 2.05) is 13.8 Å². The Labute approximate surface area is 133 Å². The summed E-state index contributed by atoms with van der Waals surface area (Å²) in [6.45, 7) is 4.33. The first-order chi connectivity index (χ1) is 10.7. The van der Waals surface area contributed by atoms with Gasteiger partial charge >= 0.3 is 5.97 Å². The van der Waals surface area contributed by atoms with Crippen LogP contribution in [0.2, 0.25) is 0 Å². The lowest BCUT2D eigenvalue weighted by atomic mass is 9.91. The molecule has 0 bridgehead atoms. The molecule has 1 aromatic rings. The molecule has 0 aliphatic carbocycles. The molecule has 0 spiro atoms. The molecule has 23 heavy (non-hydrogen) atoms. The van der Waals surface area contributed by atoms with Gasteiger partial charge in [-0.05, 0) is 18.4 Å². The third-order valence-electron chi connectivity index (χ3n) is 4.05. The molecular formula is C16H22N2O5. The standard InChI is InChI=1S/C16H22N2O5/c1-10(2)7-12-8-11(9-13(19)17-12)14(20)18-5-3-16(23,4-6-18)15(21)22/h8-10,23H,3-7H2,1-2H3,(H,17,19)(H,21,22). The Bertz CT molecular complexity index is 657. The highest BCUT2D eigenvalue weighted by atomic mass is 16.4. The summed E-state index contributed by atoms with van der Waals surface area (Å²) < 4.78 is 0. The Balaban J connectivity index is 2.14. The van der Waals surface area contributed by atoms with Crippen molar-refractivity contribution >= 4 is 11.9 Å². The van der Waals surface area contributed by atoms with Crippen molar-refractivity contribution in [1.82, 2.24) is 9.88 Å². The zero-order chi connectivity index (χ0) is 17.2. The molecule has 3 N–H and O–H groups in total. The number of aliphatic carboxylic acids is 1. The maximum atomic E-state index is 12.5. The van der Waals surface area contributed by atoms with E-state index in [4.69, 9.17) is 5.11 Å². The number of likely N-dealkylation sites (tertiary alicyclic amines) is 1. The van der Waals surface area contributed by atoms with Crippen molar-refractivity contribution in [1.29, 1.82) is 0 Å². The zero-order valence-electron chi connectivity index (χ0n) is 13.3. The number of carbonyl (C=O) groups is 2. The Hall–Kier alpha value is -2.15. The quantitative estimate of drug-likeness (QED) is 0.753. The number of nitrogens with one attached hydrogen (secondary N) is 1. The number of aromatic amines is 1. The van der Waals surface area contributed by atoms with Crippen LogP contribution in [0.1, 0.15) is 42.7 Å². The highest BCUT2D eigenvalue weighted by Gasteiger charge is 2.40. The second-order valence-corrected chi connectivity index (χ2v) is 6.49. The van der Waals surface area contributed by atoms with Crippen molar-refractivity contribution in [3.05, 3.63) is 33.7 Å². The van der Waals surface area contributed by atoms with E-state index in [-0.39, 0.29) is 37.4 Å². The zero-order valence-corrected chi connectivity index (χ0v) is 13.3. The first kappa shape index (κ1) is 17.2. The number of hydrogen-bond acceptors (Lipinski definition) is 4. The number of carbonyl (C=O) groups excluding carboxylic acids is 1. The van der Waals surface area contributed by atoms with Gasteiger partial charge in [-0.3, -0.25) is 9.59 Å². The van der Waals surface area contributed by atoms with Gasteiger partial charge in [0, 0.05) is 43.3 Å². The molecular weight excluding hydrogens is 300 g/mol. The van der Waals surface area contributed by atoms with Gasteiger partial charge in [0.15, 0.2) is 5.60 Å². The largest absolute Gasteiger partial charge is 0.479 e. The maximum Gasteiger partial charge on any atom is 0.335 e. The topological polar surface area (TPSA) is 111 Å². The van der Waals surface area contributed by atoms with Crippen molar-refractivity contribution in [3.63, 3.8) is 0 Å². The predicted molar refractivity (Wildman–Crippen MR) is 83.3 cm³/mol. The lowest BCUT2D eigenvalue weighted by Crippen LogP contribution is -2.50. The molecule has 7 heteroatoms. The van der Waals surface area contributed by atoms with Crippen molar-refractivity contribution in [3.8, 4) is 0 Å². The minimum atomic E-state index is -1.77. The monoisotopic (exact) mass is 322 g/mol. The van der Waals surface area contributed by atoms with Gasteiger partial charge in [0.25, 0.3) is 5.91 Å². The number of nitrogens with zero attached hydrogens (tertiary/aromatic N) is 1. The minimum Gasteiger partial charge on any atom is -0.479 e. The van der Waals surface area contributed by atoms with Gasteiger partial charge in [0.1, 0.15) is 0 Å². The highest BCUT2D eigenvalue weighted by molar-refractivity contribution is 5.94. The number of amides is 1. The summed E-state index contributed by atoms with van der Waals surface area (Å²) in [4.78, 5) is 39.5. The third kappa shape index (κ3) is 3.98. The number of aliphatic hydroxyl groups is 1. The van der Waals surface area contributed by atoms with Crippen LogP contribution in [0, 0.1) is 5.92 Å². The summed E-state index contributed by atoms with van der Waals surface area (Å²) in [5.41, 5.74) is -1.10. The first-order valence-electron chi connectivity index (χ1n) is 7.69. The molecule has 2 heterocycles.